The Labute approximate surface area is 77.2 Å². The highest BCUT2D eigenvalue weighted by Crippen LogP contribution is 2.07. The molecule has 0 aromatic heterocycles. The molecule has 12 heavy (non-hydrogen) atoms. The highest BCUT2D eigenvalue weighted by atomic mass is 14.9. The molecule has 1 heteroatoms. The fourth-order valence-electron chi connectivity index (χ4n) is 0.887. The summed E-state index contributed by atoms with van der Waals surface area (Å²) >= 11 is 0. The molecule has 0 aliphatic carbocycles. The van der Waals surface area contributed by atoms with Gasteiger partial charge in [0.2, 0.25) is 0 Å². The van der Waals surface area contributed by atoms with Crippen molar-refractivity contribution in [2.24, 2.45) is 11.8 Å². The van der Waals surface area contributed by atoms with Crippen LogP contribution in [0, 0.1) is 11.8 Å². The van der Waals surface area contributed by atoms with Crippen LogP contribution < -0.4 is 5.32 Å². The van der Waals surface area contributed by atoms with Crippen molar-refractivity contribution < 1.29 is 0 Å². The largest absolute Gasteiger partial charge is 0.389 e. The Morgan fingerprint density at radius 2 is 1.92 bits per heavy atom. The van der Waals surface area contributed by atoms with E-state index < -0.39 is 0 Å². The summed E-state index contributed by atoms with van der Waals surface area (Å²) in [6, 6.07) is 0. The number of rotatable bonds is 6. The van der Waals surface area contributed by atoms with Crippen LogP contribution in [0.15, 0.2) is 12.3 Å². The van der Waals surface area contributed by atoms with Crippen LogP contribution in [0.2, 0.25) is 0 Å². The molecule has 1 unspecified atom stereocenters. The quantitative estimate of drug-likeness (QED) is 0.644. The maximum atomic E-state index is 3.97. The molecule has 1 nitrogen and oxygen atoms in total. The molecule has 1 atom stereocenters. The summed E-state index contributed by atoms with van der Waals surface area (Å²) in [6.07, 6.45) is 2.53. The lowest BCUT2D eigenvalue weighted by atomic mass is 10.1. The van der Waals surface area contributed by atoms with Crippen LogP contribution in [0.5, 0.6) is 0 Å². The van der Waals surface area contributed by atoms with E-state index in [1.165, 1.54) is 18.5 Å². The van der Waals surface area contributed by atoms with Gasteiger partial charge in [0.1, 0.15) is 0 Å². The van der Waals surface area contributed by atoms with Crippen molar-refractivity contribution >= 4 is 0 Å². The third-order valence-electron chi connectivity index (χ3n) is 2.38. The summed E-state index contributed by atoms with van der Waals surface area (Å²) < 4.78 is 0. The van der Waals surface area contributed by atoms with Crippen molar-refractivity contribution in [3.63, 3.8) is 0 Å². The van der Waals surface area contributed by atoms with E-state index in [0.717, 1.165) is 12.5 Å². The van der Waals surface area contributed by atoms with Gasteiger partial charge in [0.15, 0.2) is 0 Å². The standard InChI is InChI=1S/C11H23N/c1-6-10(4)7-8-12-11(5)9(2)3/h9-10,12H,5-8H2,1-4H3. The molecule has 0 aromatic rings. The van der Waals surface area contributed by atoms with E-state index in [0.29, 0.717) is 5.92 Å². The zero-order chi connectivity index (χ0) is 9.56. The number of hydrogen-bond acceptors (Lipinski definition) is 1. The minimum atomic E-state index is 0.557. The van der Waals surface area contributed by atoms with Gasteiger partial charge in [0.05, 0.1) is 0 Å². The molecule has 0 aliphatic heterocycles. The lowest BCUT2D eigenvalue weighted by Gasteiger charge is -2.14. The van der Waals surface area contributed by atoms with E-state index in [-0.39, 0.29) is 0 Å². The molecule has 0 aliphatic rings. The van der Waals surface area contributed by atoms with Gasteiger partial charge in [-0.25, -0.2) is 0 Å². The highest BCUT2D eigenvalue weighted by Gasteiger charge is 2.00. The van der Waals surface area contributed by atoms with E-state index in [4.69, 9.17) is 0 Å². The van der Waals surface area contributed by atoms with Gasteiger partial charge in [0.25, 0.3) is 0 Å². The lowest BCUT2D eigenvalue weighted by molar-refractivity contribution is 0.494. The third-order valence-corrected chi connectivity index (χ3v) is 2.38. The van der Waals surface area contributed by atoms with Crippen molar-refractivity contribution in [1.82, 2.24) is 5.32 Å². The molecule has 0 saturated heterocycles. The molecule has 0 radical (unpaired) electrons. The van der Waals surface area contributed by atoms with Gasteiger partial charge in [-0.3, -0.25) is 0 Å². The molecule has 0 heterocycles. The van der Waals surface area contributed by atoms with Crippen LogP contribution in [0.25, 0.3) is 0 Å². The first-order chi connectivity index (χ1) is 5.57. The maximum absolute atomic E-state index is 3.97. The Balaban J connectivity index is 3.37. The van der Waals surface area contributed by atoms with Crippen LogP contribution in [-0.4, -0.2) is 6.54 Å². The van der Waals surface area contributed by atoms with Gasteiger partial charge in [-0.1, -0.05) is 40.7 Å². The van der Waals surface area contributed by atoms with Gasteiger partial charge in [-0.05, 0) is 18.3 Å². The topological polar surface area (TPSA) is 12.0 Å². The lowest BCUT2D eigenvalue weighted by Crippen LogP contribution is -2.19. The van der Waals surface area contributed by atoms with E-state index >= 15 is 0 Å². The van der Waals surface area contributed by atoms with Gasteiger partial charge in [-0.2, -0.15) is 0 Å². The van der Waals surface area contributed by atoms with Crippen molar-refractivity contribution in [1.29, 1.82) is 0 Å². The average molecular weight is 169 g/mol. The van der Waals surface area contributed by atoms with Gasteiger partial charge >= 0.3 is 0 Å². The molecule has 0 amide bonds. The number of allylic oxidation sites excluding steroid dienone is 1. The monoisotopic (exact) mass is 169 g/mol. The summed E-state index contributed by atoms with van der Waals surface area (Å²) in [5.41, 5.74) is 1.17. The van der Waals surface area contributed by atoms with Gasteiger partial charge in [0, 0.05) is 12.2 Å². The molecule has 0 fully saturated rings. The first kappa shape index (κ1) is 11.5. The second-order valence-corrected chi connectivity index (χ2v) is 3.91. The van der Waals surface area contributed by atoms with E-state index in [2.05, 4.69) is 39.6 Å². The van der Waals surface area contributed by atoms with Crippen molar-refractivity contribution in [2.45, 2.75) is 40.5 Å². The zero-order valence-corrected chi connectivity index (χ0v) is 8.98. The maximum Gasteiger partial charge on any atom is 0.0146 e. The Morgan fingerprint density at radius 1 is 1.33 bits per heavy atom. The van der Waals surface area contributed by atoms with Gasteiger partial charge in [-0.15, -0.1) is 0 Å². The van der Waals surface area contributed by atoms with E-state index in [1.54, 1.807) is 0 Å². The molecule has 0 saturated carbocycles. The van der Waals surface area contributed by atoms with Crippen molar-refractivity contribution in [2.75, 3.05) is 6.54 Å². The van der Waals surface area contributed by atoms with E-state index in [9.17, 15) is 0 Å². The fourth-order valence-corrected chi connectivity index (χ4v) is 0.887. The fraction of sp³-hybridized carbons (Fsp3) is 0.818. The first-order valence-corrected chi connectivity index (χ1v) is 5.00. The Morgan fingerprint density at radius 3 is 2.33 bits per heavy atom. The molecule has 0 spiro atoms. The number of nitrogens with one attached hydrogen (secondary N) is 1. The molecule has 0 bridgehead atoms. The minimum absolute atomic E-state index is 0.557. The second kappa shape index (κ2) is 6.10. The molecule has 0 aromatic carbocycles. The minimum Gasteiger partial charge on any atom is -0.389 e. The molecule has 1 N–H and O–H groups in total. The van der Waals surface area contributed by atoms with Crippen LogP contribution >= 0.6 is 0 Å². The molecule has 72 valence electrons. The van der Waals surface area contributed by atoms with Crippen molar-refractivity contribution in [3.8, 4) is 0 Å². The molecule has 0 rings (SSSR count). The Bertz CT molecular complexity index is 127. The smallest absolute Gasteiger partial charge is 0.0146 e. The predicted molar refractivity (Wildman–Crippen MR) is 56.1 cm³/mol. The Hall–Kier alpha value is -0.460. The van der Waals surface area contributed by atoms with Crippen molar-refractivity contribution in [3.05, 3.63) is 12.3 Å². The summed E-state index contributed by atoms with van der Waals surface area (Å²) in [5.74, 6) is 1.39. The molecular formula is C11H23N. The van der Waals surface area contributed by atoms with E-state index in [1.807, 2.05) is 0 Å². The summed E-state index contributed by atoms with van der Waals surface area (Å²) in [6.45, 7) is 13.9. The third kappa shape index (κ3) is 5.22. The highest BCUT2D eigenvalue weighted by molar-refractivity contribution is 4.93. The normalized spacial score (nSPS) is 13.1. The Kier molecular flexibility index (Phi) is 5.87. The van der Waals surface area contributed by atoms with Gasteiger partial charge < -0.3 is 5.32 Å². The van der Waals surface area contributed by atoms with Crippen LogP contribution in [-0.2, 0) is 0 Å². The zero-order valence-electron chi connectivity index (χ0n) is 8.98. The van der Waals surface area contributed by atoms with Crippen LogP contribution in [0.4, 0.5) is 0 Å². The SMILES string of the molecule is C=C(NCCC(C)CC)C(C)C. The second-order valence-electron chi connectivity index (χ2n) is 3.91. The van der Waals surface area contributed by atoms with Crippen LogP contribution in [0.1, 0.15) is 40.5 Å². The predicted octanol–water partition coefficient (Wildman–Crippen LogP) is 3.18. The summed E-state index contributed by atoms with van der Waals surface area (Å²) in [4.78, 5) is 0. The summed E-state index contributed by atoms with van der Waals surface area (Å²) in [5, 5.41) is 3.35. The first-order valence-electron chi connectivity index (χ1n) is 5.00. The molecular weight excluding hydrogens is 146 g/mol. The van der Waals surface area contributed by atoms with Crippen LogP contribution in [0.3, 0.4) is 0 Å². The number of hydrogen-bond donors (Lipinski definition) is 1. The summed E-state index contributed by atoms with van der Waals surface area (Å²) in [7, 11) is 0. The average Bonchev–Trinajstić information content (AvgIpc) is 2.03.